The van der Waals surface area contributed by atoms with Crippen molar-refractivity contribution in [3.05, 3.63) is 35.6 Å². The Labute approximate surface area is 126 Å². The third-order valence-electron chi connectivity index (χ3n) is 4.27. The average Bonchev–Trinajstić information content (AvgIpc) is 2.44. The Hall–Kier alpha value is -1.42. The molecular formula is C17H25FN2O. The minimum absolute atomic E-state index is 0.0348. The summed E-state index contributed by atoms with van der Waals surface area (Å²) in [6.45, 7) is 2.95. The van der Waals surface area contributed by atoms with E-state index < -0.39 is 0 Å². The molecule has 0 heterocycles. The van der Waals surface area contributed by atoms with Gasteiger partial charge in [-0.3, -0.25) is 9.69 Å². The van der Waals surface area contributed by atoms with E-state index in [-0.39, 0.29) is 11.7 Å². The van der Waals surface area contributed by atoms with Gasteiger partial charge in [0, 0.05) is 18.2 Å². The second-order valence-corrected chi connectivity index (χ2v) is 6.20. The summed E-state index contributed by atoms with van der Waals surface area (Å²) in [7, 11) is 1.84. The van der Waals surface area contributed by atoms with Crippen LogP contribution >= 0.6 is 0 Å². The smallest absolute Gasteiger partial charge is 0.234 e. The number of carbonyl (C=O) groups is 1. The van der Waals surface area contributed by atoms with Crippen LogP contribution in [0.1, 0.15) is 38.2 Å². The van der Waals surface area contributed by atoms with Crippen molar-refractivity contribution >= 4 is 5.91 Å². The summed E-state index contributed by atoms with van der Waals surface area (Å²) < 4.78 is 13.6. The molecular weight excluding hydrogens is 267 g/mol. The number of carbonyl (C=O) groups excluding carboxylic acids is 1. The van der Waals surface area contributed by atoms with Crippen molar-refractivity contribution in [3.8, 4) is 0 Å². The van der Waals surface area contributed by atoms with Gasteiger partial charge in [-0.05, 0) is 31.9 Å². The Morgan fingerprint density at radius 2 is 2.05 bits per heavy atom. The Morgan fingerprint density at radius 1 is 1.33 bits per heavy atom. The van der Waals surface area contributed by atoms with E-state index in [1.807, 2.05) is 18.0 Å². The molecule has 0 aliphatic heterocycles. The van der Waals surface area contributed by atoms with Gasteiger partial charge in [-0.2, -0.15) is 0 Å². The molecule has 116 valence electrons. The Bertz CT molecular complexity index is 478. The van der Waals surface area contributed by atoms with Crippen LogP contribution in [-0.2, 0) is 11.3 Å². The van der Waals surface area contributed by atoms with Gasteiger partial charge in [0.05, 0.1) is 6.54 Å². The quantitative estimate of drug-likeness (QED) is 0.905. The van der Waals surface area contributed by atoms with Gasteiger partial charge < -0.3 is 5.32 Å². The van der Waals surface area contributed by atoms with Crippen LogP contribution in [0, 0.1) is 11.7 Å². The number of hydrogen-bond acceptors (Lipinski definition) is 2. The highest BCUT2D eigenvalue weighted by Crippen LogP contribution is 2.23. The Morgan fingerprint density at radius 3 is 2.76 bits per heavy atom. The first kappa shape index (κ1) is 16.0. The molecule has 1 fully saturated rings. The molecule has 2 atom stereocenters. The number of hydrogen-bond donors (Lipinski definition) is 1. The second-order valence-electron chi connectivity index (χ2n) is 6.20. The maximum Gasteiger partial charge on any atom is 0.234 e. The Balaban J connectivity index is 1.80. The fraction of sp³-hybridized carbons (Fsp3) is 0.588. The molecule has 1 saturated carbocycles. The molecule has 1 amide bonds. The first-order valence-corrected chi connectivity index (χ1v) is 7.77. The number of nitrogens with one attached hydrogen (secondary N) is 1. The van der Waals surface area contributed by atoms with Gasteiger partial charge in [-0.15, -0.1) is 0 Å². The van der Waals surface area contributed by atoms with Crippen molar-refractivity contribution in [1.82, 2.24) is 10.2 Å². The fourth-order valence-corrected chi connectivity index (χ4v) is 3.00. The van der Waals surface area contributed by atoms with Crippen LogP contribution in [0.2, 0.25) is 0 Å². The molecule has 0 bridgehead atoms. The number of nitrogens with zero attached hydrogens (tertiary/aromatic N) is 1. The van der Waals surface area contributed by atoms with Gasteiger partial charge in [0.2, 0.25) is 5.91 Å². The molecule has 0 aromatic heterocycles. The van der Waals surface area contributed by atoms with Crippen molar-refractivity contribution in [2.45, 2.75) is 45.2 Å². The van der Waals surface area contributed by atoms with Crippen LogP contribution in [0.15, 0.2) is 24.3 Å². The van der Waals surface area contributed by atoms with Crippen molar-refractivity contribution in [1.29, 1.82) is 0 Å². The zero-order valence-electron chi connectivity index (χ0n) is 12.9. The number of likely N-dealkylation sites (N-methyl/N-ethyl adjacent to an activating group) is 1. The lowest BCUT2D eigenvalue weighted by Gasteiger charge is -2.30. The number of amides is 1. The topological polar surface area (TPSA) is 32.3 Å². The molecule has 0 unspecified atom stereocenters. The average molecular weight is 292 g/mol. The lowest BCUT2D eigenvalue weighted by Crippen LogP contribution is -2.44. The monoisotopic (exact) mass is 292 g/mol. The van der Waals surface area contributed by atoms with Crippen LogP contribution in [0.4, 0.5) is 4.39 Å². The predicted octanol–water partition coefficient (Wildman–Crippen LogP) is 2.95. The van der Waals surface area contributed by atoms with Crippen LogP contribution in [-0.4, -0.2) is 30.4 Å². The minimum atomic E-state index is -0.217. The van der Waals surface area contributed by atoms with Crippen LogP contribution < -0.4 is 5.32 Å². The van der Waals surface area contributed by atoms with Crippen molar-refractivity contribution in [2.75, 3.05) is 13.6 Å². The molecule has 1 N–H and O–H groups in total. The third-order valence-corrected chi connectivity index (χ3v) is 4.27. The van der Waals surface area contributed by atoms with E-state index in [2.05, 4.69) is 12.2 Å². The maximum absolute atomic E-state index is 13.6. The summed E-state index contributed by atoms with van der Waals surface area (Å²) in [5, 5.41) is 3.13. The molecule has 3 nitrogen and oxygen atoms in total. The molecule has 0 spiro atoms. The van der Waals surface area contributed by atoms with E-state index in [1.165, 1.54) is 25.3 Å². The summed E-state index contributed by atoms with van der Waals surface area (Å²) in [5.41, 5.74) is 0.624. The third kappa shape index (κ3) is 4.81. The van der Waals surface area contributed by atoms with Crippen molar-refractivity contribution in [2.24, 2.45) is 5.92 Å². The number of rotatable bonds is 5. The van der Waals surface area contributed by atoms with E-state index in [4.69, 9.17) is 0 Å². The minimum Gasteiger partial charge on any atom is -0.352 e. The molecule has 1 aliphatic rings. The van der Waals surface area contributed by atoms with Gasteiger partial charge in [0.25, 0.3) is 0 Å². The fourth-order valence-electron chi connectivity index (χ4n) is 3.00. The molecule has 0 radical (unpaired) electrons. The summed E-state index contributed by atoms with van der Waals surface area (Å²) in [6.07, 6.45) is 4.72. The lowest BCUT2D eigenvalue weighted by atomic mass is 9.86. The van der Waals surface area contributed by atoms with Gasteiger partial charge >= 0.3 is 0 Å². The molecule has 1 aromatic carbocycles. The molecule has 2 rings (SSSR count). The second kappa shape index (κ2) is 7.55. The van der Waals surface area contributed by atoms with E-state index in [9.17, 15) is 9.18 Å². The zero-order valence-corrected chi connectivity index (χ0v) is 12.9. The summed E-state index contributed by atoms with van der Waals surface area (Å²) in [4.78, 5) is 13.9. The predicted molar refractivity (Wildman–Crippen MR) is 82.3 cm³/mol. The van der Waals surface area contributed by atoms with Crippen LogP contribution in [0.5, 0.6) is 0 Å². The van der Waals surface area contributed by atoms with Gasteiger partial charge in [0.15, 0.2) is 0 Å². The summed E-state index contributed by atoms with van der Waals surface area (Å²) in [5.74, 6) is 0.373. The van der Waals surface area contributed by atoms with E-state index in [0.29, 0.717) is 30.6 Å². The summed E-state index contributed by atoms with van der Waals surface area (Å²) in [6, 6.07) is 7.00. The molecule has 4 heteroatoms. The van der Waals surface area contributed by atoms with E-state index in [0.717, 1.165) is 6.42 Å². The van der Waals surface area contributed by atoms with Crippen molar-refractivity contribution in [3.63, 3.8) is 0 Å². The van der Waals surface area contributed by atoms with Crippen LogP contribution in [0.25, 0.3) is 0 Å². The number of halogens is 1. The first-order valence-electron chi connectivity index (χ1n) is 7.77. The highest BCUT2D eigenvalue weighted by Gasteiger charge is 2.23. The molecule has 1 aliphatic carbocycles. The lowest BCUT2D eigenvalue weighted by molar-refractivity contribution is -0.123. The van der Waals surface area contributed by atoms with E-state index >= 15 is 0 Å². The Kier molecular flexibility index (Phi) is 5.74. The highest BCUT2D eigenvalue weighted by molar-refractivity contribution is 5.78. The molecule has 21 heavy (non-hydrogen) atoms. The number of benzene rings is 1. The van der Waals surface area contributed by atoms with E-state index in [1.54, 1.807) is 12.1 Å². The first-order chi connectivity index (χ1) is 10.1. The SMILES string of the molecule is C[C@H]1CCCC[C@H]1NC(=O)CN(C)Cc1ccccc1F. The highest BCUT2D eigenvalue weighted by atomic mass is 19.1. The van der Waals surface area contributed by atoms with Crippen LogP contribution in [0.3, 0.4) is 0 Å². The largest absolute Gasteiger partial charge is 0.352 e. The van der Waals surface area contributed by atoms with Gasteiger partial charge in [-0.1, -0.05) is 38.0 Å². The van der Waals surface area contributed by atoms with Gasteiger partial charge in [0.1, 0.15) is 5.82 Å². The molecule has 0 saturated heterocycles. The normalized spacial score (nSPS) is 22.3. The van der Waals surface area contributed by atoms with Gasteiger partial charge in [-0.25, -0.2) is 4.39 Å². The summed E-state index contributed by atoms with van der Waals surface area (Å²) >= 11 is 0. The standard InChI is InChI=1S/C17H25FN2O/c1-13-7-3-6-10-16(13)19-17(21)12-20(2)11-14-8-4-5-9-15(14)18/h4-5,8-9,13,16H,3,6-7,10-12H2,1-2H3,(H,19,21)/t13-,16+/m0/s1. The molecule has 1 aromatic rings. The zero-order chi connectivity index (χ0) is 15.2. The maximum atomic E-state index is 13.6. The van der Waals surface area contributed by atoms with Crippen molar-refractivity contribution < 1.29 is 9.18 Å².